The van der Waals surface area contributed by atoms with Gasteiger partial charge in [0.15, 0.2) is 0 Å². The highest BCUT2D eigenvalue weighted by molar-refractivity contribution is 7.92. The normalized spacial score (nSPS) is 18.2. The second kappa shape index (κ2) is 7.13. The van der Waals surface area contributed by atoms with Crippen LogP contribution in [-0.2, 0) is 19.6 Å². The first-order chi connectivity index (χ1) is 8.85. The Morgan fingerprint density at radius 1 is 1.32 bits per heavy atom. The van der Waals surface area contributed by atoms with Crippen molar-refractivity contribution in [2.24, 2.45) is 5.73 Å². The molecule has 0 amide bonds. The molecule has 0 aromatic rings. The number of piperazine rings is 1. The Morgan fingerprint density at radius 2 is 1.89 bits per heavy atom. The molecule has 1 rings (SSSR count). The molecule has 1 fully saturated rings. The van der Waals surface area contributed by atoms with E-state index < -0.39 is 10.0 Å². The topological polar surface area (TPSA) is 92.9 Å². The van der Waals surface area contributed by atoms with Crippen LogP contribution in [0.1, 0.15) is 6.42 Å². The molecule has 1 saturated heterocycles. The molecule has 9 heteroatoms. The second-order valence-electron chi connectivity index (χ2n) is 4.29. The zero-order valence-corrected chi connectivity index (χ0v) is 12.5. The number of methoxy groups -OCH3 is 1. The van der Waals surface area contributed by atoms with E-state index in [9.17, 15) is 13.2 Å². The fourth-order valence-electron chi connectivity index (χ4n) is 1.85. The van der Waals surface area contributed by atoms with Gasteiger partial charge in [-0.25, -0.2) is 8.42 Å². The molecule has 19 heavy (non-hydrogen) atoms. The largest absolute Gasteiger partial charge is 0.469 e. The van der Waals surface area contributed by atoms with E-state index in [1.165, 1.54) is 11.4 Å². The van der Waals surface area contributed by atoms with Gasteiger partial charge in [-0.3, -0.25) is 4.79 Å². The average molecular weight is 309 g/mol. The highest BCUT2D eigenvalue weighted by Crippen LogP contribution is 2.08. The van der Waals surface area contributed by atoms with Crippen molar-refractivity contribution >= 4 is 33.2 Å². The number of thiocarbonyl (C=S) groups is 1. The lowest BCUT2D eigenvalue weighted by molar-refractivity contribution is -0.141. The zero-order chi connectivity index (χ0) is 14.5. The van der Waals surface area contributed by atoms with Crippen LogP contribution < -0.4 is 5.73 Å². The summed E-state index contributed by atoms with van der Waals surface area (Å²) in [7, 11) is -2.04. The molecule has 1 aliphatic rings. The first kappa shape index (κ1) is 16.3. The van der Waals surface area contributed by atoms with Gasteiger partial charge in [-0.2, -0.15) is 4.31 Å². The summed E-state index contributed by atoms with van der Waals surface area (Å²) in [4.78, 5) is 13.0. The third kappa shape index (κ3) is 5.39. The van der Waals surface area contributed by atoms with Crippen molar-refractivity contribution in [1.82, 2.24) is 9.21 Å². The molecular formula is C10H19N3O4S2. The van der Waals surface area contributed by atoms with E-state index in [0.717, 1.165) is 0 Å². The number of nitrogens with zero attached hydrogens (tertiary/aromatic N) is 2. The number of rotatable bonds is 6. The Labute approximate surface area is 118 Å². The van der Waals surface area contributed by atoms with Crippen LogP contribution in [0, 0.1) is 0 Å². The van der Waals surface area contributed by atoms with E-state index in [-0.39, 0.29) is 16.7 Å². The van der Waals surface area contributed by atoms with Gasteiger partial charge in [0, 0.05) is 32.7 Å². The molecule has 1 heterocycles. The van der Waals surface area contributed by atoms with Crippen LogP contribution in [0.3, 0.4) is 0 Å². The lowest BCUT2D eigenvalue weighted by Crippen LogP contribution is -2.50. The fraction of sp³-hybridized carbons (Fsp3) is 0.800. The van der Waals surface area contributed by atoms with Crippen molar-refractivity contribution in [3.63, 3.8) is 0 Å². The molecular weight excluding hydrogens is 290 g/mol. The fourth-order valence-corrected chi connectivity index (χ4v) is 3.56. The molecule has 1 aliphatic heterocycles. The quantitative estimate of drug-likeness (QED) is 0.486. The average Bonchev–Trinajstić information content (AvgIpc) is 2.35. The number of sulfonamides is 1. The number of ether oxygens (including phenoxy) is 1. The molecule has 0 saturated carbocycles. The van der Waals surface area contributed by atoms with Crippen molar-refractivity contribution < 1.29 is 17.9 Å². The molecule has 0 spiro atoms. The van der Waals surface area contributed by atoms with Crippen LogP contribution in [0.25, 0.3) is 0 Å². The minimum Gasteiger partial charge on any atom is -0.469 e. The Hall–Kier alpha value is -0.770. The van der Waals surface area contributed by atoms with Gasteiger partial charge in [0.1, 0.15) is 5.75 Å². The minimum absolute atomic E-state index is 0.0203. The van der Waals surface area contributed by atoms with E-state index in [4.69, 9.17) is 5.73 Å². The maximum absolute atomic E-state index is 11.9. The standard InChI is InChI=1S/C10H19N3O4S2/c1-17-10(14)2-3-12-4-6-13(7-5-12)19(15,16)8-9(11)18/h2-8H2,1H3,(H2,11,18). The van der Waals surface area contributed by atoms with Gasteiger partial charge in [-0.05, 0) is 0 Å². The van der Waals surface area contributed by atoms with Gasteiger partial charge in [0.2, 0.25) is 10.0 Å². The molecule has 0 aliphatic carbocycles. The van der Waals surface area contributed by atoms with E-state index >= 15 is 0 Å². The van der Waals surface area contributed by atoms with Gasteiger partial charge in [-0.15, -0.1) is 0 Å². The van der Waals surface area contributed by atoms with Gasteiger partial charge < -0.3 is 15.4 Å². The number of carbonyl (C=O) groups is 1. The predicted molar refractivity (Wildman–Crippen MR) is 75.2 cm³/mol. The van der Waals surface area contributed by atoms with E-state index in [0.29, 0.717) is 39.1 Å². The minimum atomic E-state index is -3.39. The summed E-state index contributed by atoms with van der Waals surface area (Å²) in [6.07, 6.45) is 0.316. The number of esters is 1. The van der Waals surface area contributed by atoms with Crippen LogP contribution in [0.5, 0.6) is 0 Å². The van der Waals surface area contributed by atoms with E-state index in [2.05, 4.69) is 17.0 Å². The maximum atomic E-state index is 11.9. The van der Waals surface area contributed by atoms with Gasteiger partial charge in [0.25, 0.3) is 0 Å². The SMILES string of the molecule is COC(=O)CCN1CCN(S(=O)(=O)CC(N)=S)CC1. The first-order valence-corrected chi connectivity index (χ1v) is 7.92. The highest BCUT2D eigenvalue weighted by Gasteiger charge is 2.27. The summed E-state index contributed by atoms with van der Waals surface area (Å²) < 4.78 is 29.7. The van der Waals surface area contributed by atoms with Crippen molar-refractivity contribution in [3.05, 3.63) is 0 Å². The number of hydrogen-bond donors (Lipinski definition) is 1. The number of hydrogen-bond acceptors (Lipinski definition) is 6. The van der Waals surface area contributed by atoms with Crippen LogP contribution in [0.15, 0.2) is 0 Å². The van der Waals surface area contributed by atoms with Crippen molar-refractivity contribution in [2.45, 2.75) is 6.42 Å². The summed E-state index contributed by atoms with van der Waals surface area (Å²) in [6.45, 7) is 2.55. The van der Waals surface area contributed by atoms with Crippen molar-refractivity contribution in [1.29, 1.82) is 0 Å². The summed E-state index contributed by atoms with van der Waals surface area (Å²) in [5, 5.41) is 0. The lowest BCUT2D eigenvalue weighted by Gasteiger charge is -2.33. The second-order valence-corrected chi connectivity index (χ2v) is 6.78. The molecule has 0 atom stereocenters. The molecule has 0 bridgehead atoms. The van der Waals surface area contributed by atoms with Gasteiger partial charge in [-0.1, -0.05) is 12.2 Å². The zero-order valence-electron chi connectivity index (χ0n) is 10.9. The van der Waals surface area contributed by atoms with Gasteiger partial charge in [0.05, 0.1) is 18.5 Å². The summed E-state index contributed by atoms with van der Waals surface area (Å²) >= 11 is 4.63. The summed E-state index contributed by atoms with van der Waals surface area (Å²) in [6, 6.07) is 0. The Kier molecular flexibility index (Phi) is 6.11. The highest BCUT2D eigenvalue weighted by atomic mass is 32.2. The molecule has 0 aromatic heterocycles. The van der Waals surface area contributed by atoms with Crippen LogP contribution >= 0.6 is 12.2 Å². The molecule has 0 unspecified atom stereocenters. The third-order valence-electron chi connectivity index (χ3n) is 2.91. The Morgan fingerprint density at radius 3 is 2.37 bits per heavy atom. The van der Waals surface area contributed by atoms with Crippen LogP contribution in [-0.4, -0.2) is 74.2 Å². The van der Waals surface area contributed by atoms with Crippen molar-refractivity contribution in [3.8, 4) is 0 Å². The van der Waals surface area contributed by atoms with E-state index in [1.54, 1.807) is 0 Å². The van der Waals surface area contributed by atoms with E-state index in [1.807, 2.05) is 4.90 Å². The third-order valence-corrected chi connectivity index (χ3v) is 5.06. The van der Waals surface area contributed by atoms with Gasteiger partial charge >= 0.3 is 5.97 Å². The monoisotopic (exact) mass is 309 g/mol. The molecule has 0 aromatic carbocycles. The molecule has 7 nitrogen and oxygen atoms in total. The van der Waals surface area contributed by atoms with Crippen LogP contribution in [0.4, 0.5) is 0 Å². The van der Waals surface area contributed by atoms with Crippen LogP contribution in [0.2, 0.25) is 0 Å². The Bertz CT molecular complexity index is 430. The van der Waals surface area contributed by atoms with Crippen molar-refractivity contribution in [2.75, 3.05) is 45.6 Å². The first-order valence-electron chi connectivity index (χ1n) is 5.90. The molecule has 0 radical (unpaired) electrons. The number of nitrogens with two attached hydrogens (primary N) is 1. The number of carbonyl (C=O) groups excluding carboxylic acids is 1. The summed E-state index contributed by atoms with van der Waals surface area (Å²) in [5.41, 5.74) is 5.27. The molecule has 2 N–H and O–H groups in total. The smallest absolute Gasteiger partial charge is 0.306 e. The predicted octanol–water partition coefficient (Wildman–Crippen LogP) is -1.22. The Balaban J connectivity index is 2.40. The maximum Gasteiger partial charge on any atom is 0.306 e. The lowest BCUT2D eigenvalue weighted by atomic mass is 10.3. The molecule has 110 valence electrons. The summed E-state index contributed by atoms with van der Waals surface area (Å²) in [5.74, 6) is -0.548.